The summed E-state index contributed by atoms with van der Waals surface area (Å²) in [5, 5.41) is 10.4. The number of anilines is 1. The first-order valence-corrected chi connectivity index (χ1v) is 9.86. The lowest BCUT2D eigenvalue weighted by molar-refractivity contribution is 0.102. The van der Waals surface area contributed by atoms with Gasteiger partial charge in [-0.25, -0.2) is 18.4 Å². The van der Waals surface area contributed by atoms with Crippen molar-refractivity contribution < 1.29 is 18.0 Å². The van der Waals surface area contributed by atoms with E-state index in [-0.39, 0.29) is 22.7 Å². The summed E-state index contributed by atoms with van der Waals surface area (Å²) in [5.74, 6) is -0.486. The Morgan fingerprint density at radius 3 is 2.47 bits per heavy atom. The Morgan fingerprint density at radius 2 is 1.88 bits per heavy atom. The lowest BCUT2D eigenvalue weighted by atomic mass is 9.87. The molecule has 166 valence electrons. The molecule has 0 saturated carbocycles. The van der Waals surface area contributed by atoms with E-state index < -0.39 is 18.0 Å². The minimum Gasteiger partial charge on any atom is -0.444 e. The van der Waals surface area contributed by atoms with Crippen LogP contribution in [0.15, 0.2) is 53.5 Å². The molecule has 0 aliphatic rings. The van der Waals surface area contributed by atoms with E-state index in [9.17, 15) is 13.6 Å². The van der Waals surface area contributed by atoms with Crippen LogP contribution in [-0.4, -0.2) is 30.5 Å². The SMILES string of the molecule is Cn1cc(-c2nc(C(=O)Nc3cn(-c4ccc(C(C)(C)C)cc4)nc3C(F)F)co2)cn1. The molecule has 0 fully saturated rings. The molecule has 0 atom stereocenters. The van der Waals surface area contributed by atoms with E-state index in [1.165, 1.54) is 17.1 Å². The largest absolute Gasteiger partial charge is 0.444 e. The standard InChI is InChI=1S/C22H22F2N6O2/c1-22(2,3)14-5-7-15(8-6-14)30-11-16(18(28-30)19(23)24)26-20(31)17-12-32-21(27-17)13-9-25-29(4)10-13/h5-12,19H,1-4H3,(H,26,31). The molecule has 0 unspecified atom stereocenters. The average molecular weight is 440 g/mol. The summed E-state index contributed by atoms with van der Waals surface area (Å²) in [4.78, 5) is 16.7. The van der Waals surface area contributed by atoms with Crippen molar-refractivity contribution in [3.8, 4) is 17.1 Å². The molecule has 4 rings (SSSR count). The first-order chi connectivity index (χ1) is 15.1. The van der Waals surface area contributed by atoms with Gasteiger partial charge in [-0.1, -0.05) is 32.9 Å². The fourth-order valence-electron chi connectivity index (χ4n) is 3.12. The molecule has 0 aliphatic carbocycles. The molecule has 0 saturated heterocycles. The summed E-state index contributed by atoms with van der Waals surface area (Å²) in [6.07, 6.45) is 2.86. The quantitative estimate of drug-likeness (QED) is 0.484. The molecule has 1 aromatic carbocycles. The predicted molar refractivity (Wildman–Crippen MR) is 114 cm³/mol. The summed E-state index contributed by atoms with van der Waals surface area (Å²) in [7, 11) is 1.74. The van der Waals surface area contributed by atoms with Crippen molar-refractivity contribution in [3.05, 3.63) is 66.1 Å². The van der Waals surface area contributed by atoms with Crippen LogP contribution < -0.4 is 5.32 Å². The molecule has 0 aliphatic heterocycles. The van der Waals surface area contributed by atoms with Gasteiger partial charge in [-0.15, -0.1) is 0 Å². The van der Waals surface area contributed by atoms with Crippen LogP contribution in [0.25, 0.3) is 17.1 Å². The van der Waals surface area contributed by atoms with Gasteiger partial charge >= 0.3 is 0 Å². The Labute approximate surface area is 182 Å². The van der Waals surface area contributed by atoms with E-state index in [1.807, 2.05) is 12.1 Å². The predicted octanol–water partition coefficient (Wildman–Crippen LogP) is 4.75. The number of benzene rings is 1. The van der Waals surface area contributed by atoms with Crippen LogP contribution in [0.4, 0.5) is 14.5 Å². The number of carbonyl (C=O) groups excluding carboxylic acids is 1. The number of hydrogen-bond acceptors (Lipinski definition) is 5. The lowest BCUT2D eigenvalue weighted by Gasteiger charge is -2.19. The molecule has 0 spiro atoms. The minimum atomic E-state index is -2.87. The molecule has 4 aromatic rings. The molecular weight excluding hydrogens is 418 g/mol. The Kier molecular flexibility index (Phi) is 5.37. The van der Waals surface area contributed by atoms with Crippen molar-refractivity contribution in [2.45, 2.75) is 32.6 Å². The van der Waals surface area contributed by atoms with Crippen LogP contribution in [-0.2, 0) is 12.5 Å². The van der Waals surface area contributed by atoms with Gasteiger partial charge in [0.25, 0.3) is 12.3 Å². The van der Waals surface area contributed by atoms with Gasteiger partial charge in [-0.3, -0.25) is 9.48 Å². The van der Waals surface area contributed by atoms with Crippen molar-refractivity contribution in [1.82, 2.24) is 24.5 Å². The second-order valence-electron chi connectivity index (χ2n) is 8.36. The number of aryl methyl sites for hydroxylation is 1. The fourth-order valence-corrected chi connectivity index (χ4v) is 3.12. The number of nitrogens with one attached hydrogen (secondary N) is 1. The maximum atomic E-state index is 13.6. The zero-order valence-corrected chi connectivity index (χ0v) is 18.0. The third kappa shape index (κ3) is 4.29. The van der Waals surface area contributed by atoms with Crippen molar-refractivity contribution in [2.75, 3.05) is 5.32 Å². The Hall–Kier alpha value is -3.82. The molecule has 0 bridgehead atoms. The Morgan fingerprint density at radius 1 is 1.16 bits per heavy atom. The van der Waals surface area contributed by atoms with Gasteiger partial charge in [0, 0.05) is 13.2 Å². The normalized spacial score (nSPS) is 11.8. The van der Waals surface area contributed by atoms with Crippen LogP contribution in [0.3, 0.4) is 0 Å². The van der Waals surface area contributed by atoms with E-state index in [2.05, 4.69) is 41.3 Å². The second-order valence-corrected chi connectivity index (χ2v) is 8.36. The second kappa shape index (κ2) is 8.03. The van der Waals surface area contributed by atoms with Gasteiger partial charge in [0.2, 0.25) is 5.89 Å². The maximum absolute atomic E-state index is 13.6. The first kappa shape index (κ1) is 21.4. The highest BCUT2D eigenvalue weighted by molar-refractivity contribution is 6.03. The number of rotatable bonds is 5. The van der Waals surface area contributed by atoms with Gasteiger partial charge < -0.3 is 9.73 Å². The van der Waals surface area contributed by atoms with Crippen molar-refractivity contribution >= 4 is 11.6 Å². The van der Waals surface area contributed by atoms with E-state index in [0.29, 0.717) is 11.3 Å². The number of alkyl halides is 2. The highest BCUT2D eigenvalue weighted by Crippen LogP contribution is 2.29. The van der Waals surface area contributed by atoms with E-state index >= 15 is 0 Å². The molecule has 3 aromatic heterocycles. The third-order valence-corrected chi connectivity index (χ3v) is 4.88. The summed E-state index contributed by atoms with van der Waals surface area (Å²) < 4.78 is 35.4. The monoisotopic (exact) mass is 440 g/mol. The molecule has 1 N–H and O–H groups in total. The van der Waals surface area contributed by atoms with Crippen LogP contribution in [0, 0.1) is 0 Å². The Balaban J connectivity index is 1.58. The number of oxazole rings is 1. The first-order valence-electron chi connectivity index (χ1n) is 9.86. The van der Waals surface area contributed by atoms with Crippen LogP contribution in [0.1, 0.15) is 48.9 Å². The molecule has 1 amide bonds. The van der Waals surface area contributed by atoms with Gasteiger partial charge in [-0.05, 0) is 23.1 Å². The van der Waals surface area contributed by atoms with Crippen LogP contribution in [0.5, 0.6) is 0 Å². The average Bonchev–Trinajstić information content (AvgIpc) is 3.46. The fraction of sp³-hybridized carbons (Fsp3) is 0.273. The molecule has 10 heteroatoms. The maximum Gasteiger partial charge on any atom is 0.284 e. The highest BCUT2D eigenvalue weighted by Gasteiger charge is 2.23. The molecular formula is C22H22F2N6O2. The van der Waals surface area contributed by atoms with Gasteiger partial charge in [0.15, 0.2) is 11.4 Å². The number of carbonyl (C=O) groups is 1. The summed E-state index contributed by atoms with van der Waals surface area (Å²) in [6.45, 7) is 6.26. The van der Waals surface area contributed by atoms with E-state index in [0.717, 1.165) is 11.8 Å². The Bertz CT molecular complexity index is 1250. The van der Waals surface area contributed by atoms with E-state index in [1.54, 1.807) is 30.1 Å². The number of hydrogen-bond donors (Lipinski definition) is 1. The van der Waals surface area contributed by atoms with Crippen LogP contribution in [0.2, 0.25) is 0 Å². The van der Waals surface area contributed by atoms with Crippen molar-refractivity contribution in [3.63, 3.8) is 0 Å². The number of halogens is 2. The number of amides is 1. The molecule has 0 radical (unpaired) electrons. The summed E-state index contributed by atoms with van der Waals surface area (Å²) >= 11 is 0. The number of aromatic nitrogens is 5. The van der Waals surface area contributed by atoms with Gasteiger partial charge in [0.1, 0.15) is 6.26 Å². The zero-order valence-electron chi connectivity index (χ0n) is 18.0. The van der Waals surface area contributed by atoms with Crippen molar-refractivity contribution in [1.29, 1.82) is 0 Å². The topological polar surface area (TPSA) is 90.8 Å². The molecule has 32 heavy (non-hydrogen) atoms. The van der Waals surface area contributed by atoms with E-state index in [4.69, 9.17) is 4.42 Å². The molecule has 3 heterocycles. The number of nitrogens with zero attached hydrogens (tertiary/aromatic N) is 5. The summed E-state index contributed by atoms with van der Waals surface area (Å²) in [5.41, 5.74) is 1.57. The van der Waals surface area contributed by atoms with Gasteiger partial charge in [-0.2, -0.15) is 10.2 Å². The summed E-state index contributed by atoms with van der Waals surface area (Å²) in [6, 6.07) is 7.44. The minimum absolute atomic E-state index is 0.0395. The zero-order chi connectivity index (χ0) is 23.0. The molecule has 8 nitrogen and oxygen atoms in total. The smallest absolute Gasteiger partial charge is 0.284 e. The van der Waals surface area contributed by atoms with Gasteiger partial charge in [0.05, 0.1) is 29.3 Å². The lowest BCUT2D eigenvalue weighted by Crippen LogP contribution is -2.13. The third-order valence-electron chi connectivity index (χ3n) is 4.88. The van der Waals surface area contributed by atoms with Crippen LogP contribution >= 0.6 is 0 Å². The highest BCUT2D eigenvalue weighted by atomic mass is 19.3. The van der Waals surface area contributed by atoms with Crippen molar-refractivity contribution in [2.24, 2.45) is 7.05 Å².